The van der Waals surface area contributed by atoms with Crippen LogP contribution in [0, 0.1) is 0 Å². The molecule has 0 aromatic heterocycles. The van der Waals surface area contributed by atoms with Crippen molar-refractivity contribution in [1.29, 1.82) is 0 Å². The minimum absolute atomic E-state index is 0.0686. The maximum absolute atomic E-state index is 13.1. The molecule has 1 atom stereocenters. The van der Waals surface area contributed by atoms with Crippen molar-refractivity contribution >= 4 is 11.9 Å². The highest BCUT2D eigenvalue weighted by Crippen LogP contribution is 2.44. The number of piperidine rings is 1. The Hall–Kier alpha value is -2.66. The predicted octanol–water partition coefficient (Wildman–Crippen LogP) is 3.67. The van der Waals surface area contributed by atoms with Gasteiger partial charge in [-0.1, -0.05) is 55.5 Å². The zero-order valence-electron chi connectivity index (χ0n) is 16.1. The van der Waals surface area contributed by atoms with Gasteiger partial charge in [0.25, 0.3) is 0 Å². The summed E-state index contributed by atoms with van der Waals surface area (Å²) in [7, 11) is 0. The van der Waals surface area contributed by atoms with Crippen molar-refractivity contribution in [3.8, 4) is 11.1 Å². The highest BCUT2D eigenvalue weighted by molar-refractivity contribution is 6.04. The van der Waals surface area contributed by atoms with Gasteiger partial charge in [-0.2, -0.15) is 0 Å². The van der Waals surface area contributed by atoms with Crippen LogP contribution in [0.25, 0.3) is 11.1 Å². The van der Waals surface area contributed by atoms with E-state index in [1.807, 2.05) is 31.2 Å². The molecule has 1 saturated heterocycles. The summed E-state index contributed by atoms with van der Waals surface area (Å²) in [6.45, 7) is 3.16. The molecule has 5 heteroatoms. The summed E-state index contributed by atoms with van der Waals surface area (Å²) < 4.78 is 5.71. The summed E-state index contributed by atoms with van der Waals surface area (Å²) in [4.78, 5) is 27.0. The van der Waals surface area contributed by atoms with Crippen LogP contribution in [0.3, 0.4) is 0 Å². The fraction of sp³-hybridized carbons (Fsp3) is 0.391. The van der Waals surface area contributed by atoms with Crippen LogP contribution in [0.2, 0.25) is 0 Å². The Bertz CT molecular complexity index is 863. The number of rotatable bonds is 5. The molecule has 1 aliphatic carbocycles. The zero-order chi connectivity index (χ0) is 19.7. The van der Waals surface area contributed by atoms with Crippen LogP contribution >= 0.6 is 0 Å². The molecular formula is C23H25NO4. The lowest BCUT2D eigenvalue weighted by molar-refractivity contribution is -0.175. The third-order valence-electron chi connectivity index (χ3n) is 6.17. The van der Waals surface area contributed by atoms with Crippen molar-refractivity contribution in [2.24, 2.45) is 0 Å². The number of likely N-dealkylation sites (tertiary alicyclic amines) is 1. The van der Waals surface area contributed by atoms with Gasteiger partial charge in [0.15, 0.2) is 0 Å². The summed E-state index contributed by atoms with van der Waals surface area (Å²) in [6, 6.07) is 16.2. The van der Waals surface area contributed by atoms with Gasteiger partial charge in [-0.3, -0.25) is 4.90 Å². The number of ether oxygens (including phenoxy) is 1. The molecule has 2 aromatic rings. The van der Waals surface area contributed by atoms with Crippen LogP contribution in [-0.2, 0) is 14.3 Å². The highest BCUT2D eigenvalue weighted by atomic mass is 16.5. The van der Waals surface area contributed by atoms with Gasteiger partial charge in [0.05, 0.1) is 0 Å². The quantitative estimate of drug-likeness (QED) is 0.634. The molecule has 0 radical (unpaired) electrons. The number of benzene rings is 2. The molecule has 1 fully saturated rings. The molecule has 1 aliphatic heterocycles. The van der Waals surface area contributed by atoms with Crippen molar-refractivity contribution < 1.29 is 19.4 Å². The first-order valence-electron chi connectivity index (χ1n) is 9.93. The summed E-state index contributed by atoms with van der Waals surface area (Å²) in [6.07, 6.45) is 1.92. The normalized spacial score (nSPS) is 21.8. The van der Waals surface area contributed by atoms with Crippen molar-refractivity contribution in [2.75, 3.05) is 19.7 Å². The molecule has 5 nitrogen and oxygen atoms in total. The number of aliphatic carboxylic acids is 1. The van der Waals surface area contributed by atoms with Crippen LogP contribution in [0.4, 0.5) is 0 Å². The van der Waals surface area contributed by atoms with Gasteiger partial charge in [0, 0.05) is 5.92 Å². The molecule has 1 heterocycles. The number of esters is 1. The van der Waals surface area contributed by atoms with E-state index in [1.54, 1.807) is 4.90 Å². The Labute approximate surface area is 164 Å². The SMILES string of the molecule is CCN1CCCCC1(C(=O)O)C(=O)OCC1c2ccccc2-c2ccccc21. The molecule has 0 amide bonds. The molecule has 28 heavy (non-hydrogen) atoms. The van der Waals surface area contributed by atoms with E-state index in [-0.39, 0.29) is 12.5 Å². The Morgan fingerprint density at radius 1 is 1.07 bits per heavy atom. The van der Waals surface area contributed by atoms with Crippen LogP contribution in [0.1, 0.15) is 43.2 Å². The second-order valence-electron chi connectivity index (χ2n) is 7.53. The fourth-order valence-electron chi connectivity index (χ4n) is 4.74. The minimum Gasteiger partial charge on any atom is -0.479 e. The van der Waals surface area contributed by atoms with E-state index >= 15 is 0 Å². The number of carboxylic acid groups (broad SMARTS) is 1. The first-order valence-corrected chi connectivity index (χ1v) is 9.93. The standard InChI is InChI=1S/C23H25NO4/c1-2-24-14-8-7-13-23(24,21(25)26)22(27)28-15-20-18-11-5-3-9-16(18)17-10-4-6-12-19(17)20/h3-6,9-12,20H,2,7-8,13-15H2,1H3,(H,25,26). The monoisotopic (exact) mass is 379 g/mol. The third-order valence-corrected chi connectivity index (χ3v) is 6.17. The van der Waals surface area contributed by atoms with Gasteiger partial charge in [0.1, 0.15) is 6.61 Å². The zero-order valence-corrected chi connectivity index (χ0v) is 16.1. The lowest BCUT2D eigenvalue weighted by atomic mass is 9.86. The van der Waals surface area contributed by atoms with Crippen molar-refractivity contribution in [3.05, 3.63) is 59.7 Å². The van der Waals surface area contributed by atoms with E-state index < -0.39 is 17.5 Å². The average Bonchev–Trinajstić information content (AvgIpc) is 3.05. The predicted molar refractivity (Wildman–Crippen MR) is 106 cm³/mol. The summed E-state index contributed by atoms with van der Waals surface area (Å²) in [5, 5.41) is 9.93. The maximum Gasteiger partial charge on any atom is 0.338 e. The van der Waals surface area contributed by atoms with Gasteiger partial charge in [-0.25, -0.2) is 9.59 Å². The molecule has 0 spiro atoms. The van der Waals surface area contributed by atoms with Crippen molar-refractivity contribution in [3.63, 3.8) is 0 Å². The lowest BCUT2D eigenvalue weighted by Gasteiger charge is -2.41. The Kier molecular flexibility index (Phi) is 4.94. The summed E-state index contributed by atoms with van der Waals surface area (Å²) in [5.41, 5.74) is 2.98. The van der Waals surface area contributed by atoms with E-state index in [4.69, 9.17) is 4.74 Å². The number of hydrogen-bond acceptors (Lipinski definition) is 4. The second kappa shape index (κ2) is 7.40. The topological polar surface area (TPSA) is 66.8 Å². The number of likely N-dealkylation sites (N-methyl/N-ethyl adjacent to an activating group) is 1. The van der Waals surface area contributed by atoms with Crippen molar-refractivity contribution in [1.82, 2.24) is 4.90 Å². The van der Waals surface area contributed by atoms with Gasteiger partial charge in [-0.15, -0.1) is 0 Å². The number of hydrogen-bond donors (Lipinski definition) is 1. The Morgan fingerprint density at radius 2 is 1.68 bits per heavy atom. The highest BCUT2D eigenvalue weighted by Gasteiger charge is 2.53. The summed E-state index contributed by atoms with van der Waals surface area (Å²) in [5.74, 6) is -1.81. The molecule has 2 aromatic carbocycles. The fourth-order valence-corrected chi connectivity index (χ4v) is 4.74. The first kappa shape index (κ1) is 18.7. The smallest absolute Gasteiger partial charge is 0.338 e. The third kappa shape index (κ3) is 2.81. The van der Waals surface area contributed by atoms with Gasteiger partial charge in [-0.05, 0) is 54.6 Å². The minimum atomic E-state index is -1.56. The van der Waals surface area contributed by atoms with Crippen molar-refractivity contribution in [2.45, 2.75) is 37.6 Å². The lowest BCUT2D eigenvalue weighted by Crippen LogP contribution is -2.62. The molecule has 1 unspecified atom stereocenters. The molecule has 4 rings (SSSR count). The first-order chi connectivity index (χ1) is 13.6. The molecule has 146 valence electrons. The maximum atomic E-state index is 13.1. The average molecular weight is 379 g/mol. The number of carbonyl (C=O) groups excluding carboxylic acids is 1. The van der Waals surface area contributed by atoms with Gasteiger partial charge >= 0.3 is 11.9 Å². The van der Waals surface area contributed by atoms with Crippen LogP contribution in [0.5, 0.6) is 0 Å². The van der Waals surface area contributed by atoms with Gasteiger partial charge < -0.3 is 9.84 Å². The van der Waals surface area contributed by atoms with E-state index in [0.29, 0.717) is 25.9 Å². The van der Waals surface area contributed by atoms with E-state index in [9.17, 15) is 14.7 Å². The second-order valence-corrected chi connectivity index (χ2v) is 7.53. The Morgan fingerprint density at radius 3 is 2.25 bits per heavy atom. The molecule has 0 saturated carbocycles. The van der Waals surface area contributed by atoms with Gasteiger partial charge in [0.2, 0.25) is 5.54 Å². The van der Waals surface area contributed by atoms with E-state index in [1.165, 1.54) is 0 Å². The number of carboxylic acids is 1. The van der Waals surface area contributed by atoms with Crippen LogP contribution < -0.4 is 0 Å². The molecular weight excluding hydrogens is 354 g/mol. The molecule has 2 aliphatic rings. The van der Waals surface area contributed by atoms with E-state index in [2.05, 4.69) is 24.3 Å². The Balaban J connectivity index is 1.60. The molecule has 1 N–H and O–H groups in total. The number of carbonyl (C=O) groups is 2. The van der Waals surface area contributed by atoms with E-state index in [0.717, 1.165) is 28.7 Å². The van der Waals surface area contributed by atoms with Crippen LogP contribution in [-0.4, -0.2) is 47.2 Å². The summed E-state index contributed by atoms with van der Waals surface area (Å²) >= 11 is 0. The van der Waals surface area contributed by atoms with Crippen LogP contribution in [0.15, 0.2) is 48.5 Å². The molecule has 0 bridgehead atoms. The largest absolute Gasteiger partial charge is 0.479 e. The number of fused-ring (bicyclic) bond motifs is 3. The number of nitrogens with zero attached hydrogens (tertiary/aromatic N) is 1.